The fourth-order valence-electron chi connectivity index (χ4n) is 1.06. The lowest BCUT2D eigenvalue weighted by molar-refractivity contribution is 0.547. The summed E-state index contributed by atoms with van der Waals surface area (Å²) >= 11 is 3.51. The van der Waals surface area contributed by atoms with Gasteiger partial charge in [0, 0.05) is 24.1 Å². The minimum absolute atomic E-state index is 0.0856. The van der Waals surface area contributed by atoms with Gasteiger partial charge in [0.1, 0.15) is 5.82 Å². The number of hydrogen-bond acceptors (Lipinski definition) is 2. The lowest BCUT2D eigenvalue weighted by Gasteiger charge is -2.35. The molecule has 0 spiro atoms. The highest BCUT2D eigenvalue weighted by Crippen LogP contribution is 2.21. The van der Waals surface area contributed by atoms with Crippen LogP contribution in [-0.2, 0) is 0 Å². The third kappa shape index (κ3) is 2.47. The summed E-state index contributed by atoms with van der Waals surface area (Å²) in [6, 6.07) is 4.14. The molecule has 1 aromatic rings. The van der Waals surface area contributed by atoms with Crippen molar-refractivity contribution in [1.29, 1.82) is 0 Å². The van der Waals surface area contributed by atoms with Crippen molar-refractivity contribution in [2.45, 2.75) is 26.3 Å². The van der Waals surface area contributed by atoms with Crippen LogP contribution in [0.5, 0.6) is 0 Å². The second-order valence-corrected chi connectivity index (χ2v) is 4.76. The number of aryl methyl sites for hydroxylation is 1. The van der Waals surface area contributed by atoms with Crippen molar-refractivity contribution >= 4 is 21.7 Å². The summed E-state index contributed by atoms with van der Waals surface area (Å²) < 4.78 is 0. The molecule has 0 atom stereocenters. The van der Waals surface area contributed by atoms with Crippen LogP contribution >= 0.6 is 15.9 Å². The maximum Gasteiger partial charge on any atom is 0.128 e. The molecule has 1 aromatic heterocycles. The second kappa shape index (κ2) is 4.30. The number of halogens is 1. The van der Waals surface area contributed by atoms with Gasteiger partial charge in [0.2, 0.25) is 0 Å². The van der Waals surface area contributed by atoms with Gasteiger partial charge in [-0.3, -0.25) is 0 Å². The molecule has 1 heterocycles. The van der Waals surface area contributed by atoms with E-state index in [0.717, 1.165) is 11.1 Å². The lowest BCUT2D eigenvalue weighted by Crippen LogP contribution is -2.43. The predicted octanol–water partition coefficient (Wildman–Crippen LogP) is 3.00. The first-order chi connectivity index (χ1) is 6.47. The minimum Gasteiger partial charge on any atom is -0.354 e. The Morgan fingerprint density at radius 1 is 1.43 bits per heavy atom. The molecular formula is C11H17BrN2. The Bertz CT molecular complexity index is 293. The molecule has 78 valence electrons. The van der Waals surface area contributed by atoms with Crippen LogP contribution in [0, 0.1) is 6.92 Å². The smallest absolute Gasteiger partial charge is 0.128 e. The molecule has 0 saturated carbocycles. The Hall–Kier alpha value is -0.570. The van der Waals surface area contributed by atoms with Crippen LogP contribution in [0.3, 0.4) is 0 Å². The van der Waals surface area contributed by atoms with E-state index in [1.165, 1.54) is 5.56 Å². The Labute approximate surface area is 94.5 Å². The van der Waals surface area contributed by atoms with Gasteiger partial charge in [-0.1, -0.05) is 22.0 Å². The van der Waals surface area contributed by atoms with E-state index in [4.69, 9.17) is 0 Å². The molecule has 0 N–H and O–H groups in total. The minimum atomic E-state index is 0.0856. The highest BCUT2D eigenvalue weighted by atomic mass is 79.9. The molecule has 0 aromatic carbocycles. The SMILES string of the molecule is Cc1ccc(N(C)C(C)(C)CBr)nc1. The van der Waals surface area contributed by atoms with Crippen LogP contribution in [0.2, 0.25) is 0 Å². The summed E-state index contributed by atoms with van der Waals surface area (Å²) in [5, 5.41) is 0.923. The zero-order valence-electron chi connectivity index (χ0n) is 9.21. The maximum absolute atomic E-state index is 4.40. The number of alkyl halides is 1. The average molecular weight is 257 g/mol. The first-order valence-electron chi connectivity index (χ1n) is 4.70. The molecule has 0 aliphatic heterocycles. The van der Waals surface area contributed by atoms with Gasteiger partial charge in [-0.25, -0.2) is 4.98 Å². The molecular weight excluding hydrogens is 240 g/mol. The Kier molecular flexibility index (Phi) is 3.53. The number of hydrogen-bond donors (Lipinski definition) is 0. The summed E-state index contributed by atoms with van der Waals surface area (Å²) in [7, 11) is 2.07. The quantitative estimate of drug-likeness (QED) is 0.774. The number of anilines is 1. The van der Waals surface area contributed by atoms with Gasteiger partial charge in [0.15, 0.2) is 0 Å². The number of pyridine rings is 1. The van der Waals surface area contributed by atoms with E-state index < -0.39 is 0 Å². The summed E-state index contributed by atoms with van der Waals surface area (Å²) in [6.07, 6.45) is 1.90. The summed E-state index contributed by atoms with van der Waals surface area (Å²) in [5.41, 5.74) is 1.28. The third-order valence-corrected chi connectivity index (χ3v) is 3.85. The fourth-order valence-corrected chi connectivity index (χ4v) is 1.43. The third-order valence-electron chi connectivity index (χ3n) is 2.47. The highest BCUT2D eigenvalue weighted by Gasteiger charge is 2.22. The highest BCUT2D eigenvalue weighted by molar-refractivity contribution is 9.09. The Morgan fingerprint density at radius 3 is 2.50 bits per heavy atom. The van der Waals surface area contributed by atoms with Gasteiger partial charge < -0.3 is 4.90 Å². The van der Waals surface area contributed by atoms with Gasteiger partial charge in [-0.15, -0.1) is 0 Å². The lowest BCUT2D eigenvalue weighted by atomic mass is 10.1. The van der Waals surface area contributed by atoms with E-state index >= 15 is 0 Å². The molecule has 0 bridgehead atoms. The monoisotopic (exact) mass is 256 g/mol. The number of aromatic nitrogens is 1. The van der Waals surface area contributed by atoms with Crippen molar-refractivity contribution in [1.82, 2.24) is 4.98 Å². The van der Waals surface area contributed by atoms with Crippen molar-refractivity contribution < 1.29 is 0 Å². The van der Waals surface area contributed by atoms with Crippen molar-refractivity contribution in [2.24, 2.45) is 0 Å². The van der Waals surface area contributed by atoms with Gasteiger partial charge >= 0.3 is 0 Å². The molecule has 0 radical (unpaired) electrons. The molecule has 0 unspecified atom stereocenters. The standard InChI is InChI=1S/C11H17BrN2/c1-9-5-6-10(13-7-9)14(4)11(2,3)8-12/h5-7H,8H2,1-4H3. The first-order valence-corrected chi connectivity index (χ1v) is 5.82. The van der Waals surface area contributed by atoms with Crippen molar-refractivity contribution in [3.8, 4) is 0 Å². The normalized spacial score (nSPS) is 11.5. The Morgan fingerprint density at radius 2 is 2.07 bits per heavy atom. The molecule has 0 aliphatic carbocycles. The van der Waals surface area contributed by atoms with Crippen molar-refractivity contribution in [3.63, 3.8) is 0 Å². The number of nitrogens with zero attached hydrogens (tertiary/aromatic N) is 2. The molecule has 2 nitrogen and oxygen atoms in total. The van der Waals surface area contributed by atoms with E-state index in [1.807, 2.05) is 13.1 Å². The van der Waals surface area contributed by atoms with Crippen LogP contribution in [0.4, 0.5) is 5.82 Å². The van der Waals surface area contributed by atoms with Gasteiger partial charge in [-0.2, -0.15) is 0 Å². The van der Waals surface area contributed by atoms with Gasteiger partial charge in [0.05, 0.1) is 0 Å². The molecule has 0 fully saturated rings. The van der Waals surface area contributed by atoms with Crippen LogP contribution in [0.25, 0.3) is 0 Å². The van der Waals surface area contributed by atoms with Gasteiger partial charge in [0.25, 0.3) is 0 Å². The van der Waals surface area contributed by atoms with Gasteiger partial charge in [-0.05, 0) is 32.4 Å². The van der Waals surface area contributed by atoms with E-state index in [9.17, 15) is 0 Å². The maximum atomic E-state index is 4.40. The molecule has 0 saturated heterocycles. The van der Waals surface area contributed by atoms with Crippen LogP contribution in [-0.4, -0.2) is 22.9 Å². The van der Waals surface area contributed by atoms with Crippen LogP contribution < -0.4 is 4.90 Å². The van der Waals surface area contributed by atoms with Crippen LogP contribution in [0.1, 0.15) is 19.4 Å². The topological polar surface area (TPSA) is 16.1 Å². The molecule has 14 heavy (non-hydrogen) atoms. The molecule has 0 aliphatic rings. The van der Waals surface area contributed by atoms with Crippen molar-refractivity contribution in [3.05, 3.63) is 23.9 Å². The van der Waals surface area contributed by atoms with Crippen LogP contribution in [0.15, 0.2) is 18.3 Å². The predicted molar refractivity (Wildman–Crippen MR) is 65.3 cm³/mol. The Balaban J connectivity index is 2.89. The molecule has 3 heteroatoms. The fraction of sp³-hybridized carbons (Fsp3) is 0.545. The zero-order valence-corrected chi connectivity index (χ0v) is 10.8. The molecule has 1 rings (SSSR count). The van der Waals surface area contributed by atoms with E-state index in [1.54, 1.807) is 0 Å². The largest absolute Gasteiger partial charge is 0.354 e. The van der Waals surface area contributed by atoms with E-state index in [-0.39, 0.29) is 5.54 Å². The van der Waals surface area contributed by atoms with E-state index in [2.05, 4.69) is 58.8 Å². The van der Waals surface area contributed by atoms with Crippen molar-refractivity contribution in [2.75, 3.05) is 17.3 Å². The summed E-state index contributed by atoms with van der Waals surface area (Å²) in [4.78, 5) is 6.58. The number of rotatable bonds is 3. The molecule has 0 amide bonds. The first kappa shape index (κ1) is 11.5. The second-order valence-electron chi connectivity index (χ2n) is 4.20. The summed E-state index contributed by atoms with van der Waals surface area (Å²) in [6.45, 7) is 6.42. The average Bonchev–Trinajstić information content (AvgIpc) is 2.18. The van der Waals surface area contributed by atoms with E-state index in [0.29, 0.717) is 0 Å². The zero-order chi connectivity index (χ0) is 10.8. The summed E-state index contributed by atoms with van der Waals surface area (Å²) in [5.74, 6) is 1.01.